The number of aliphatic imine (C=N–C) groups is 1. The molecule has 0 radical (unpaired) electrons. The van der Waals surface area contributed by atoms with Gasteiger partial charge < -0.3 is 20.0 Å². The zero-order valence-electron chi connectivity index (χ0n) is 16.9. The molecule has 2 aliphatic heterocycles. The van der Waals surface area contributed by atoms with Crippen LogP contribution in [-0.2, 0) is 6.54 Å². The van der Waals surface area contributed by atoms with Crippen LogP contribution in [0.3, 0.4) is 0 Å². The van der Waals surface area contributed by atoms with Crippen LogP contribution in [0.25, 0.3) is 0 Å². The molecular weight excluding hydrogens is 479 g/mol. The second kappa shape index (κ2) is 10.6. The van der Waals surface area contributed by atoms with Gasteiger partial charge in [-0.2, -0.15) is 0 Å². The zero-order valence-corrected chi connectivity index (χ0v) is 19.2. The average Bonchev–Trinajstić information content (AvgIpc) is 3.31. The minimum absolute atomic E-state index is 0. The van der Waals surface area contributed by atoms with Gasteiger partial charge in [0.05, 0.1) is 0 Å². The summed E-state index contributed by atoms with van der Waals surface area (Å²) in [5, 5.41) is 3.51. The molecule has 2 aromatic rings. The van der Waals surface area contributed by atoms with Crippen molar-refractivity contribution in [1.82, 2.24) is 25.2 Å². The lowest BCUT2D eigenvalue weighted by Gasteiger charge is -2.36. The van der Waals surface area contributed by atoms with E-state index in [1.165, 1.54) is 18.4 Å². The van der Waals surface area contributed by atoms with E-state index < -0.39 is 0 Å². The Morgan fingerprint density at radius 3 is 2.38 bits per heavy atom. The predicted molar refractivity (Wildman–Crippen MR) is 127 cm³/mol. The van der Waals surface area contributed by atoms with Crippen LogP contribution in [0.5, 0.6) is 0 Å². The molecule has 0 aliphatic carbocycles. The highest BCUT2D eigenvalue weighted by atomic mass is 127. The fourth-order valence-electron chi connectivity index (χ4n) is 3.78. The van der Waals surface area contributed by atoms with Gasteiger partial charge in [-0.05, 0) is 36.6 Å². The van der Waals surface area contributed by atoms with Crippen LogP contribution in [0.1, 0.15) is 18.4 Å². The van der Waals surface area contributed by atoms with E-state index in [2.05, 4.69) is 52.1 Å². The molecule has 0 aromatic carbocycles. The molecule has 2 saturated heterocycles. The Balaban J connectivity index is 0.00000240. The summed E-state index contributed by atoms with van der Waals surface area (Å²) < 4.78 is 0. The molecule has 4 heterocycles. The third-order valence-electron chi connectivity index (χ3n) is 5.32. The number of aromatic nitrogens is 3. The topological polar surface area (TPSA) is 72.8 Å². The van der Waals surface area contributed by atoms with Gasteiger partial charge in [-0.3, -0.25) is 4.99 Å². The maximum absolute atomic E-state index is 4.54. The summed E-state index contributed by atoms with van der Waals surface area (Å²) in [6.45, 7) is 6.54. The average molecular weight is 508 g/mol. The van der Waals surface area contributed by atoms with Crippen molar-refractivity contribution in [3.63, 3.8) is 0 Å². The zero-order chi connectivity index (χ0) is 19.2. The first-order valence-corrected chi connectivity index (χ1v) is 10.0. The molecule has 0 saturated carbocycles. The number of guanidine groups is 1. The van der Waals surface area contributed by atoms with Gasteiger partial charge in [-0.15, -0.1) is 24.0 Å². The summed E-state index contributed by atoms with van der Waals surface area (Å²) in [6, 6.07) is 6.11. The van der Waals surface area contributed by atoms with Crippen molar-refractivity contribution in [2.45, 2.75) is 19.4 Å². The fourth-order valence-corrected chi connectivity index (χ4v) is 3.78. The SMILES string of the molecule is CN=C(NCc1ccnc(N2CCCC2)c1)N1CCN(c2ncccn2)CC1.I. The van der Waals surface area contributed by atoms with E-state index in [1.807, 2.05) is 19.3 Å². The molecule has 2 fully saturated rings. The van der Waals surface area contributed by atoms with Crippen LogP contribution in [-0.4, -0.2) is 72.1 Å². The summed E-state index contributed by atoms with van der Waals surface area (Å²) in [5.41, 5.74) is 1.23. The predicted octanol–water partition coefficient (Wildman–Crippen LogP) is 1.99. The lowest BCUT2D eigenvalue weighted by atomic mass is 10.2. The molecule has 156 valence electrons. The number of halogens is 1. The molecule has 0 unspecified atom stereocenters. The van der Waals surface area contributed by atoms with Crippen LogP contribution in [0.15, 0.2) is 41.8 Å². The molecule has 0 spiro atoms. The van der Waals surface area contributed by atoms with Crippen molar-refractivity contribution < 1.29 is 0 Å². The molecule has 0 amide bonds. The molecule has 0 atom stereocenters. The van der Waals surface area contributed by atoms with Crippen molar-refractivity contribution >= 4 is 41.7 Å². The monoisotopic (exact) mass is 508 g/mol. The van der Waals surface area contributed by atoms with Crippen LogP contribution >= 0.6 is 24.0 Å². The van der Waals surface area contributed by atoms with Crippen molar-refractivity contribution in [2.24, 2.45) is 4.99 Å². The number of piperazine rings is 1. The number of nitrogens with zero attached hydrogens (tertiary/aromatic N) is 7. The summed E-state index contributed by atoms with van der Waals surface area (Å²) in [4.78, 5) is 24.6. The Kier molecular flexibility index (Phi) is 7.84. The minimum atomic E-state index is 0. The van der Waals surface area contributed by atoms with E-state index in [4.69, 9.17) is 0 Å². The third-order valence-corrected chi connectivity index (χ3v) is 5.32. The highest BCUT2D eigenvalue weighted by Crippen LogP contribution is 2.18. The summed E-state index contributed by atoms with van der Waals surface area (Å²) in [7, 11) is 1.84. The number of pyridine rings is 1. The molecule has 8 nitrogen and oxygen atoms in total. The maximum Gasteiger partial charge on any atom is 0.225 e. The second-order valence-electron chi connectivity index (χ2n) is 7.14. The number of hydrogen-bond acceptors (Lipinski definition) is 6. The van der Waals surface area contributed by atoms with Crippen molar-refractivity contribution in [3.05, 3.63) is 42.4 Å². The van der Waals surface area contributed by atoms with Crippen molar-refractivity contribution in [3.8, 4) is 0 Å². The van der Waals surface area contributed by atoms with Gasteiger partial charge in [0.15, 0.2) is 5.96 Å². The van der Waals surface area contributed by atoms with E-state index in [0.29, 0.717) is 0 Å². The minimum Gasteiger partial charge on any atom is -0.357 e. The Morgan fingerprint density at radius 2 is 1.69 bits per heavy atom. The van der Waals surface area contributed by atoms with Gasteiger partial charge in [0.1, 0.15) is 5.82 Å². The van der Waals surface area contributed by atoms with Gasteiger partial charge in [-0.1, -0.05) is 0 Å². The molecule has 0 bridgehead atoms. The fraction of sp³-hybridized carbons (Fsp3) is 0.500. The molecule has 2 aliphatic rings. The molecule has 4 rings (SSSR count). The quantitative estimate of drug-likeness (QED) is 0.385. The molecule has 29 heavy (non-hydrogen) atoms. The molecule has 9 heteroatoms. The Labute approximate surface area is 189 Å². The van der Waals surface area contributed by atoms with Crippen molar-refractivity contribution in [1.29, 1.82) is 0 Å². The van der Waals surface area contributed by atoms with Crippen LogP contribution < -0.4 is 15.1 Å². The van der Waals surface area contributed by atoms with Gasteiger partial charge >= 0.3 is 0 Å². The van der Waals surface area contributed by atoms with Crippen LogP contribution in [0, 0.1) is 0 Å². The summed E-state index contributed by atoms with van der Waals surface area (Å²) in [6.07, 6.45) is 8.01. The van der Waals surface area contributed by atoms with Gasteiger partial charge in [0.25, 0.3) is 0 Å². The largest absolute Gasteiger partial charge is 0.357 e. The van der Waals surface area contributed by atoms with E-state index in [1.54, 1.807) is 12.4 Å². The summed E-state index contributed by atoms with van der Waals surface area (Å²) in [5.74, 6) is 2.83. The lowest BCUT2D eigenvalue weighted by Crippen LogP contribution is -2.52. The Morgan fingerprint density at radius 1 is 0.966 bits per heavy atom. The molecule has 1 N–H and O–H groups in total. The summed E-state index contributed by atoms with van der Waals surface area (Å²) >= 11 is 0. The standard InChI is InChI=1S/C20H28N8.HI/c1-21-19(27-11-13-28(14-12-27)20-23-6-4-7-24-20)25-16-17-5-8-22-18(15-17)26-9-2-3-10-26;/h4-8,15H,2-3,9-14,16H2,1H3,(H,21,25);1H. The highest BCUT2D eigenvalue weighted by Gasteiger charge is 2.21. The number of hydrogen-bond donors (Lipinski definition) is 1. The van der Waals surface area contributed by atoms with Gasteiger partial charge in [-0.25, -0.2) is 15.0 Å². The maximum atomic E-state index is 4.54. The highest BCUT2D eigenvalue weighted by molar-refractivity contribution is 14.0. The first-order valence-electron chi connectivity index (χ1n) is 10.0. The molecular formula is C20H29IN8. The van der Waals surface area contributed by atoms with E-state index in [0.717, 1.165) is 63.5 Å². The van der Waals surface area contributed by atoms with Gasteiger partial charge in [0, 0.05) is 71.5 Å². The number of anilines is 2. The van der Waals surface area contributed by atoms with E-state index in [-0.39, 0.29) is 24.0 Å². The van der Waals surface area contributed by atoms with Crippen LogP contribution in [0.2, 0.25) is 0 Å². The first kappa shape index (κ1) is 21.5. The van der Waals surface area contributed by atoms with E-state index in [9.17, 15) is 0 Å². The van der Waals surface area contributed by atoms with Crippen LogP contribution in [0.4, 0.5) is 11.8 Å². The normalized spacial score (nSPS) is 17.3. The first-order chi connectivity index (χ1) is 13.8. The van der Waals surface area contributed by atoms with E-state index >= 15 is 0 Å². The third kappa shape index (κ3) is 5.46. The second-order valence-corrected chi connectivity index (χ2v) is 7.14. The molecule has 2 aromatic heterocycles. The number of nitrogens with one attached hydrogen (secondary N) is 1. The number of rotatable bonds is 4. The lowest BCUT2D eigenvalue weighted by molar-refractivity contribution is 0.370. The Bertz CT molecular complexity index is 786. The smallest absolute Gasteiger partial charge is 0.225 e. The van der Waals surface area contributed by atoms with Crippen molar-refractivity contribution in [2.75, 3.05) is 56.1 Å². The Hall–Kier alpha value is -2.17. The van der Waals surface area contributed by atoms with Gasteiger partial charge in [0.2, 0.25) is 5.95 Å².